The summed E-state index contributed by atoms with van der Waals surface area (Å²) in [6.07, 6.45) is 1.25. The van der Waals surface area contributed by atoms with Crippen molar-refractivity contribution in [3.8, 4) is 0 Å². The van der Waals surface area contributed by atoms with Crippen LogP contribution < -0.4 is 5.73 Å². The maximum atomic E-state index is 10.5. The molecular weight excluding hydrogens is 166 g/mol. The van der Waals surface area contributed by atoms with E-state index >= 15 is 0 Å². The molecule has 0 bridgehead atoms. The van der Waals surface area contributed by atoms with E-state index in [9.17, 15) is 4.79 Å². The lowest BCUT2D eigenvalue weighted by Crippen LogP contribution is -2.14. The first-order valence-electron chi connectivity index (χ1n) is 2.90. The Labute approximate surface area is 68.4 Å². The Bertz CT molecular complexity index is 300. The maximum absolute atomic E-state index is 10.5. The normalized spacial score (nSPS) is 9.64. The van der Waals surface area contributed by atoms with Crippen molar-refractivity contribution in [1.29, 1.82) is 0 Å². The summed E-state index contributed by atoms with van der Waals surface area (Å²) in [6, 6.07) is 0. The van der Waals surface area contributed by atoms with Gasteiger partial charge < -0.3 is 5.73 Å². The molecular formula is C6H6ClN3O. The number of halogens is 1. The zero-order chi connectivity index (χ0) is 8.43. The number of nitrogens with two attached hydrogens (primary N) is 1. The van der Waals surface area contributed by atoms with Gasteiger partial charge in [0.25, 0.3) is 5.91 Å². The minimum absolute atomic E-state index is 0.131. The van der Waals surface area contributed by atoms with Gasteiger partial charge in [-0.15, -0.1) is 0 Å². The average Bonchev–Trinajstić information content (AvgIpc) is 1.94. The lowest BCUT2D eigenvalue weighted by atomic mass is 10.4. The maximum Gasteiger partial charge on any atom is 0.268 e. The lowest BCUT2D eigenvalue weighted by molar-refractivity contribution is 0.0995. The van der Waals surface area contributed by atoms with Gasteiger partial charge in [-0.05, 0) is 6.92 Å². The number of hydrogen-bond donors (Lipinski definition) is 1. The highest BCUT2D eigenvalue weighted by atomic mass is 35.5. The number of aryl methyl sites for hydroxylation is 1. The highest BCUT2D eigenvalue weighted by molar-refractivity contribution is 6.30. The molecule has 0 fully saturated rings. The second kappa shape index (κ2) is 2.84. The van der Waals surface area contributed by atoms with Crippen LogP contribution in [-0.4, -0.2) is 15.9 Å². The molecule has 0 spiro atoms. The first-order chi connectivity index (χ1) is 5.11. The molecule has 58 valence electrons. The van der Waals surface area contributed by atoms with E-state index in [4.69, 9.17) is 17.3 Å². The summed E-state index contributed by atoms with van der Waals surface area (Å²) in [4.78, 5) is 18.0. The van der Waals surface area contributed by atoms with Gasteiger partial charge in [-0.1, -0.05) is 11.6 Å². The summed E-state index contributed by atoms with van der Waals surface area (Å²) in [5.74, 6) is -0.600. The molecule has 1 aromatic heterocycles. The van der Waals surface area contributed by atoms with Crippen LogP contribution in [0, 0.1) is 6.92 Å². The summed E-state index contributed by atoms with van der Waals surface area (Å²) in [5.41, 5.74) is 5.58. The summed E-state index contributed by atoms with van der Waals surface area (Å²) in [5, 5.41) is 0.287. The molecule has 1 aromatic rings. The molecule has 1 heterocycles. The monoisotopic (exact) mass is 171 g/mol. The largest absolute Gasteiger partial charge is 0.364 e. The van der Waals surface area contributed by atoms with Crippen LogP contribution >= 0.6 is 11.6 Å². The van der Waals surface area contributed by atoms with Crippen LogP contribution in [-0.2, 0) is 0 Å². The molecule has 5 heteroatoms. The van der Waals surface area contributed by atoms with Crippen molar-refractivity contribution in [2.45, 2.75) is 6.92 Å². The molecule has 0 radical (unpaired) electrons. The zero-order valence-corrected chi connectivity index (χ0v) is 6.59. The summed E-state index contributed by atoms with van der Waals surface area (Å²) < 4.78 is 0. The molecule has 0 aliphatic heterocycles. The molecule has 11 heavy (non-hydrogen) atoms. The molecule has 1 amide bonds. The van der Waals surface area contributed by atoms with Crippen molar-refractivity contribution in [3.05, 3.63) is 22.7 Å². The van der Waals surface area contributed by atoms with E-state index in [-0.39, 0.29) is 10.8 Å². The van der Waals surface area contributed by atoms with E-state index in [1.807, 2.05) is 0 Å². The number of rotatable bonds is 1. The summed E-state index contributed by atoms with van der Waals surface area (Å²) >= 11 is 5.56. The molecule has 0 aliphatic rings. The predicted octanol–water partition coefficient (Wildman–Crippen LogP) is 0.537. The number of amides is 1. The number of carbonyl (C=O) groups is 1. The molecule has 0 saturated carbocycles. The third kappa shape index (κ3) is 1.65. The smallest absolute Gasteiger partial charge is 0.268 e. The third-order valence-electron chi connectivity index (χ3n) is 1.14. The molecule has 0 saturated heterocycles. The van der Waals surface area contributed by atoms with Crippen molar-refractivity contribution in [2.24, 2.45) is 5.73 Å². The average molecular weight is 172 g/mol. The van der Waals surface area contributed by atoms with E-state index in [1.54, 1.807) is 6.92 Å². The number of aromatic nitrogens is 2. The Kier molecular flexibility index (Phi) is 2.05. The Morgan fingerprint density at radius 2 is 2.36 bits per heavy atom. The number of carbonyl (C=O) groups excluding carboxylic acids is 1. The van der Waals surface area contributed by atoms with Crippen LogP contribution in [0.25, 0.3) is 0 Å². The predicted molar refractivity (Wildman–Crippen MR) is 40.3 cm³/mol. The van der Waals surface area contributed by atoms with Gasteiger partial charge in [0.1, 0.15) is 10.8 Å². The van der Waals surface area contributed by atoms with Gasteiger partial charge in [0.05, 0.1) is 11.9 Å². The second-order valence-corrected chi connectivity index (χ2v) is 2.35. The van der Waals surface area contributed by atoms with E-state index in [1.165, 1.54) is 6.20 Å². The standard InChI is InChI=1S/C6H6ClN3O/c1-3-5(7)9-2-4(10-3)6(8)11/h2H,1H3,(H2,8,11). The van der Waals surface area contributed by atoms with E-state index < -0.39 is 5.91 Å². The first kappa shape index (κ1) is 7.94. The van der Waals surface area contributed by atoms with Crippen LogP contribution in [0.1, 0.15) is 16.2 Å². The van der Waals surface area contributed by atoms with E-state index in [2.05, 4.69) is 9.97 Å². The second-order valence-electron chi connectivity index (χ2n) is 2.00. The Hall–Kier alpha value is -1.16. The molecule has 0 atom stereocenters. The lowest BCUT2D eigenvalue weighted by Gasteiger charge is -1.96. The van der Waals surface area contributed by atoms with Gasteiger partial charge in [-0.2, -0.15) is 0 Å². The van der Waals surface area contributed by atoms with Crippen LogP contribution in [0.5, 0.6) is 0 Å². The van der Waals surface area contributed by atoms with Gasteiger partial charge in [0, 0.05) is 0 Å². The number of nitrogens with zero attached hydrogens (tertiary/aromatic N) is 2. The van der Waals surface area contributed by atoms with Gasteiger partial charge in [-0.25, -0.2) is 9.97 Å². The molecule has 2 N–H and O–H groups in total. The van der Waals surface area contributed by atoms with Crippen LogP contribution in [0.2, 0.25) is 5.15 Å². The van der Waals surface area contributed by atoms with E-state index in [0.717, 1.165) is 0 Å². The van der Waals surface area contributed by atoms with Gasteiger partial charge in [0.15, 0.2) is 0 Å². The topological polar surface area (TPSA) is 68.9 Å². The number of primary amides is 1. The highest BCUT2D eigenvalue weighted by Gasteiger charge is 2.04. The third-order valence-corrected chi connectivity index (χ3v) is 1.51. The molecule has 0 unspecified atom stereocenters. The van der Waals surface area contributed by atoms with Crippen LogP contribution in [0.15, 0.2) is 6.20 Å². The zero-order valence-electron chi connectivity index (χ0n) is 5.84. The number of hydrogen-bond acceptors (Lipinski definition) is 3. The van der Waals surface area contributed by atoms with Crippen molar-refractivity contribution >= 4 is 17.5 Å². The van der Waals surface area contributed by atoms with Gasteiger partial charge in [-0.3, -0.25) is 4.79 Å². The van der Waals surface area contributed by atoms with Crippen molar-refractivity contribution in [2.75, 3.05) is 0 Å². The quantitative estimate of drug-likeness (QED) is 0.671. The Balaban J connectivity index is 3.15. The Morgan fingerprint density at radius 1 is 1.73 bits per heavy atom. The van der Waals surface area contributed by atoms with Crippen LogP contribution in [0.3, 0.4) is 0 Å². The summed E-state index contributed by atoms with van der Waals surface area (Å²) in [6.45, 7) is 1.65. The highest BCUT2D eigenvalue weighted by Crippen LogP contribution is 2.07. The molecule has 0 aromatic carbocycles. The van der Waals surface area contributed by atoms with E-state index in [0.29, 0.717) is 5.69 Å². The Morgan fingerprint density at radius 3 is 2.82 bits per heavy atom. The molecule has 1 rings (SSSR count). The minimum atomic E-state index is -0.600. The fourth-order valence-corrected chi connectivity index (χ4v) is 0.677. The molecule has 0 aliphatic carbocycles. The summed E-state index contributed by atoms with van der Waals surface area (Å²) in [7, 11) is 0. The van der Waals surface area contributed by atoms with Gasteiger partial charge >= 0.3 is 0 Å². The van der Waals surface area contributed by atoms with Gasteiger partial charge in [0.2, 0.25) is 0 Å². The SMILES string of the molecule is Cc1nc(C(N)=O)cnc1Cl. The van der Waals surface area contributed by atoms with Crippen molar-refractivity contribution in [1.82, 2.24) is 9.97 Å². The minimum Gasteiger partial charge on any atom is -0.364 e. The molecule has 4 nitrogen and oxygen atoms in total. The van der Waals surface area contributed by atoms with Crippen molar-refractivity contribution in [3.63, 3.8) is 0 Å². The fraction of sp³-hybridized carbons (Fsp3) is 0.167. The van der Waals surface area contributed by atoms with Crippen LogP contribution in [0.4, 0.5) is 0 Å². The first-order valence-corrected chi connectivity index (χ1v) is 3.28. The van der Waals surface area contributed by atoms with Crippen molar-refractivity contribution < 1.29 is 4.79 Å². The fourth-order valence-electron chi connectivity index (χ4n) is 0.586.